The highest BCUT2D eigenvalue weighted by Crippen LogP contribution is 2.04. The van der Waals surface area contributed by atoms with Crippen molar-refractivity contribution < 1.29 is 14.3 Å². The molecule has 0 aliphatic rings. The van der Waals surface area contributed by atoms with Gasteiger partial charge in [-0.3, -0.25) is 4.79 Å². The Hall–Kier alpha value is -1.35. The van der Waals surface area contributed by atoms with Crippen molar-refractivity contribution in [1.82, 2.24) is 0 Å². The van der Waals surface area contributed by atoms with Crippen molar-refractivity contribution in [2.75, 3.05) is 12.5 Å². The van der Waals surface area contributed by atoms with Crippen LogP contribution in [0.3, 0.4) is 0 Å². The zero-order valence-electron chi connectivity index (χ0n) is 7.40. The van der Waals surface area contributed by atoms with Crippen molar-refractivity contribution in [2.45, 2.75) is 0 Å². The van der Waals surface area contributed by atoms with Gasteiger partial charge in [0.25, 0.3) is 0 Å². The molecule has 0 aliphatic heterocycles. The number of hydrogen-bond acceptors (Lipinski definition) is 3. The second kappa shape index (κ2) is 5.40. The molecular formula is C10H9ClO3. The lowest BCUT2D eigenvalue weighted by Crippen LogP contribution is -2.06. The van der Waals surface area contributed by atoms with Crippen LogP contribution in [-0.2, 0) is 4.74 Å². The van der Waals surface area contributed by atoms with Gasteiger partial charge >= 0.3 is 5.97 Å². The Morgan fingerprint density at radius 3 is 2.50 bits per heavy atom. The average molecular weight is 213 g/mol. The van der Waals surface area contributed by atoms with E-state index in [9.17, 15) is 9.59 Å². The molecule has 0 radical (unpaired) electrons. The first-order chi connectivity index (χ1) is 6.77. The molecule has 0 saturated heterocycles. The van der Waals surface area contributed by atoms with Crippen LogP contribution < -0.4 is 0 Å². The average Bonchev–Trinajstić information content (AvgIpc) is 2.26. The van der Waals surface area contributed by atoms with Crippen molar-refractivity contribution in [2.24, 2.45) is 0 Å². The van der Waals surface area contributed by atoms with E-state index in [1.807, 2.05) is 0 Å². The molecule has 1 rings (SSSR count). The molecule has 4 heteroatoms. The van der Waals surface area contributed by atoms with Crippen LogP contribution in [0.2, 0.25) is 0 Å². The summed E-state index contributed by atoms with van der Waals surface area (Å²) in [5.41, 5.74) is 0.944. The summed E-state index contributed by atoms with van der Waals surface area (Å²) in [6.07, 6.45) is 0.716. The van der Waals surface area contributed by atoms with Gasteiger partial charge in [0, 0.05) is 5.56 Å². The zero-order valence-corrected chi connectivity index (χ0v) is 8.16. The zero-order chi connectivity index (χ0) is 10.4. The predicted octanol–water partition coefficient (Wildman–Crippen LogP) is 1.89. The van der Waals surface area contributed by atoms with Crippen LogP contribution in [0, 0.1) is 0 Å². The van der Waals surface area contributed by atoms with Crippen LogP contribution in [-0.4, -0.2) is 24.7 Å². The number of benzene rings is 1. The third-order valence-corrected chi connectivity index (χ3v) is 1.75. The third kappa shape index (κ3) is 2.85. The van der Waals surface area contributed by atoms with E-state index < -0.39 is 5.97 Å². The Labute approximate surface area is 86.6 Å². The molecule has 0 aliphatic carbocycles. The Balaban J connectivity index is 2.66. The predicted molar refractivity (Wildman–Crippen MR) is 52.8 cm³/mol. The molecule has 1 aromatic rings. The van der Waals surface area contributed by atoms with Crippen LogP contribution in [0.15, 0.2) is 24.3 Å². The smallest absolute Gasteiger partial charge is 0.338 e. The van der Waals surface area contributed by atoms with Crippen LogP contribution in [0.5, 0.6) is 0 Å². The van der Waals surface area contributed by atoms with Gasteiger partial charge in [-0.25, -0.2) is 4.79 Å². The first-order valence-corrected chi connectivity index (χ1v) is 4.59. The molecule has 1 aromatic carbocycles. The maximum atomic E-state index is 11.2. The van der Waals surface area contributed by atoms with E-state index in [-0.39, 0.29) is 12.5 Å². The molecular weight excluding hydrogens is 204 g/mol. The molecule has 14 heavy (non-hydrogen) atoms. The second-order valence-corrected chi connectivity index (χ2v) is 2.94. The number of carbonyl (C=O) groups excluding carboxylic acids is 2. The van der Waals surface area contributed by atoms with Gasteiger partial charge in [-0.15, -0.1) is 11.6 Å². The number of halogens is 1. The molecule has 74 valence electrons. The number of rotatable bonds is 4. The van der Waals surface area contributed by atoms with E-state index in [1.54, 1.807) is 24.3 Å². The van der Waals surface area contributed by atoms with E-state index in [4.69, 9.17) is 16.3 Å². The molecule has 0 amide bonds. The summed E-state index contributed by atoms with van der Waals surface area (Å²) in [5, 5.41) is 0. The maximum Gasteiger partial charge on any atom is 0.338 e. The van der Waals surface area contributed by atoms with Crippen LogP contribution in [0.4, 0.5) is 0 Å². The van der Waals surface area contributed by atoms with E-state index in [2.05, 4.69) is 0 Å². The van der Waals surface area contributed by atoms with Crippen LogP contribution in [0.1, 0.15) is 20.7 Å². The molecule has 0 N–H and O–H groups in total. The number of esters is 1. The molecule has 0 unspecified atom stereocenters. The monoisotopic (exact) mass is 212 g/mol. The summed E-state index contributed by atoms with van der Waals surface area (Å²) in [4.78, 5) is 21.6. The molecule has 0 spiro atoms. The van der Waals surface area contributed by atoms with Crippen LogP contribution >= 0.6 is 11.6 Å². The van der Waals surface area contributed by atoms with Crippen LogP contribution in [0.25, 0.3) is 0 Å². The van der Waals surface area contributed by atoms with Crippen molar-refractivity contribution >= 4 is 23.9 Å². The summed E-state index contributed by atoms with van der Waals surface area (Å²) in [7, 11) is 0. The molecule has 0 atom stereocenters. The quantitative estimate of drug-likeness (QED) is 0.435. The summed E-state index contributed by atoms with van der Waals surface area (Å²) >= 11 is 5.36. The summed E-state index contributed by atoms with van der Waals surface area (Å²) in [6.45, 7) is 0.190. The number of alkyl halides is 1. The minimum atomic E-state index is -0.428. The SMILES string of the molecule is O=Cc1ccc(C(=O)OCCCl)cc1. The first-order valence-electron chi connectivity index (χ1n) is 4.06. The molecule has 0 fully saturated rings. The van der Waals surface area contributed by atoms with Gasteiger partial charge in [0.15, 0.2) is 0 Å². The Morgan fingerprint density at radius 1 is 1.36 bits per heavy atom. The Kier molecular flexibility index (Phi) is 4.13. The molecule has 0 heterocycles. The molecule has 3 nitrogen and oxygen atoms in total. The maximum absolute atomic E-state index is 11.2. The van der Waals surface area contributed by atoms with Crippen molar-refractivity contribution in [3.8, 4) is 0 Å². The topological polar surface area (TPSA) is 43.4 Å². The minimum Gasteiger partial charge on any atom is -0.461 e. The molecule has 0 saturated carbocycles. The number of aldehydes is 1. The highest BCUT2D eigenvalue weighted by Gasteiger charge is 2.05. The second-order valence-electron chi connectivity index (χ2n) is 2.56. The summed E-state index contributed by atoms with van der Waals surface area (Å²) < 4.78 is 4.79. The van der Waals surface area contributed by atoms with E-state index in [1.165, 1.54) is 0 Å². The fourth-order valence-corrected chi connectivity index (χ4v) is 0.990. The van der Waals surface area contributed by atoms with Gasteiger partial charge in [-0.2, -0.15) is 0 Å². The fourth-order valence-electron chi connectivity index (χ4n) is 0.912. The van der Waals surface area contributed by atoms with Gasteiger partial charge in [-0.05, 0) is 12.1 Å². The van der Waals surface area contributed by atoms with Gasteiger partial charge in [0.2, 0.25) is 0 Å². The van der Waals surface area contributed by atoms with Crippen molar-refractivity contribution in [3.05, 3.63) is 35.4 Å². The highest BCUT2D eigenvalue weighted by atomic mass is 35.5. The lowest BCUT2D eigenvalue weighted by Gasteiger charge is -2.01. The number of carbonyl (C=O) groups is 2. The normalized spacial score (nSPS) is 9.50. The van der Waals surface area contributed by atoms with E-state index in [0.29, 0.717) is 17.4 Å². The molecule has 0 aromatic heterocycles. The third-order valence-electron chi connectivity index (χ3n) is 1.59. The van der Waals surface area contributed by atoms with Gasteiger partial charge < -0.3 is 4.74 Å². The van der Waals surface area contributed by atoms with Gasteiger partial charge in [-0.1, -0.05) is 12.1 Å². The van der Waals surface area contributed by atoms with Gasteiger partial charge in [0.1, 0.15) is 12.9 Å². The highest BCUT2D eigenvalue weighted by molar-refractivity contribution is 6.18. The minimum absolute atomic E-state index is 0.190. The Morgan fingerprint density at radius 2 is 2.00 bits per heavy atom. The summed E-state index contributed by atoms with van der Waals surface area (Å²) in [6, 6.07) is 6.20. The lowest BCUT2D eigenvalue weighted by atomic mass is 10.1. The molecule has 0 bridgehead atoms. The first kappa shape index (κ1) is 10.7. The number of ether oxygens (including phenoxy) is 1. The van der Waals surface area contributed by atoms with E-state index >= 15 is 0 Å². The van der Waals surface area contributed by atoms with Crippen molar-refractivity contribution in [3.63, 3.8) is 0 Å². The summed E-state index contributed by atoms with van der Waals surface area (Å²) in [5.74, 6) is -0.152. The van der Waals surface area contributed by atoms with Crippen molar-refractivity contribution in [1.29, 1.82) is 0 Å². The lowest BCUT2D eigenvalue weighted by molar-refractivity contribution is 0.0529. The van der Waals surface area contributed by atoms with Gasteiger partial charge in [0.05, 0.1) is 11.4 Å². The standard InChI is InChI=1S/C10H9ClO3/c11-5-6-14-10(13)9-3-1-8(7-12)2-4-9/h1-4,7H,5-6H2. The number of hydrogen-bond donors (Lipinski definition) is 0. The van der Waals surface area contributed by atoms with E-state index in [0.717, 1.165) is 0 Å². The Bertz CT molecular complexity index is 319. The fraction of sp³-hybridized carbons (Fsp3) is 0.200. The largest absolute Gasteiger partial charge is 0.461 e.